The molecule has 2 N–H and O–H groups in total. The number of rotatable bonds is 11. The van der Waals surface area contributed by atoms with Crippen molar-refractivity contribution in [3.05, 3.63) is 110 Å². The second-order valence-electron chi connectivity index (χ2n) is 10.8. The van der Waals surface area contributed by atoms with Gasteiger partial charge in [-0.15, -0.1) is 0 Å². The lowest BCUT2D eigenvalue weighted by Crippen LogP contribution is -2.34. The van der Waals surface area contributed by atoms with Crippen LogP contribution in [-0.2, 0) is 37.0 Å². The molecule has 0 spiro atoms. The van der Waals surface area contributed by atoms with E-state index in [1.807, 2.05) is 42.5 Å². The summed E-state index contributed by atoms with van der Waals surface area (Å²) in [4.78, 5) is 15.3. The van der Waals surface area contributed by atoms with Crippen LogP contribution in [0.15, 0.2) is 71.5 Å². The van der Waals surface area contributed by atoms with Crippen molar-refractivity contribution < 1.29 is 9.47 Å². The molecule has 0 aliphatic heterocycles. The lowest BCUT2D eigenvalue weighted by molar-refractivity contribution is 0.00660. The highest BCUT2D eigenvalue weighted by Gasteiger charge is 2.25. The smallest absolute Gasteiger partial charge is 0.248 e. The molecular formula is C34H40N2O3. The zero-order valence-electron chi connectivity index (χ0n) is 23.6. The van der Waals surface area contributed by atoms with Crippen molar-refractivity contribution in [3.8, 4) is 5.75 Å². The maximum Gasteiger partial charge on any atom is 0.248 e. The maximum atomic E-state index is 12.3. The van der Waals surface area contributed by atoms with Crippen LogP contribution in [0.2, 0.25) is 0 Å². The topological polar surface area (TPSA) is 63.4 Å². The molecule has 1 heterocycles. The molecule has 204 valence electrons. The largest absolute Gasteiger partial charge is 0.487 e. The number of nitrogens with one attached hydrogen (secondary N) is 2. The van der Waals surface area contributed by atoms with E-state index in [-0.39, 0.29) is 17.8 Å². The Labute approximate surface area is 231 Å². The van der Waals surface area contributed by atoms with Crippen molar-refractivity contribution in [2.45, 2.75) is 78.2 Å². The lowest BCUT2D eigenvalue weighted by atomic mass is 9.97. The summed E-state index contributed by atoms with van der Waals surface area (Å²) in [7, 11) is 0. The first-order chi connectivity index (χ1) is 18.9. The van der Waals surface area contributed by atoms with Gasteiger partial charge in [-0.05, 0) is 85.0 Å². The third-order valence-corrected chi connectivity index (χ3v) is 7.72. The molecule has 3 aromatic carbocycles. The number of fused-ring (bicyclic) bond motifs is 2. The van der Waals surface area contributed by atoms with Crippen LogP contribution >= 0.6 is 0 Å². The van der Waals surface area contributed by atoms with Gasteiger partial charge in [-0.1, -0.05) is 62.4 Å². The molecule has 4 aromatic rings. The van der Waals surface area contributed by atoms with Crippen LogP contribution in [0.1, 0.15) is 67.2 Å². The van der Waals surface area contributed by atoms with E-state index in [0.717, 1.165) is 42.2 Å². The molecular weight excluding hydrogens is 484 g/mol. The number of aromatic nitrogens is 1. The van der Waals surface area contributed by atoms with Gasteiger partial charge in [-0.25, -0.2) is 0 Å². The standard InChI is InChI=1S/C34H40N2O3/c1-5-24-16-26-18-28(19-27(26)17-25(24)6-2)35-20-32(39-22(3)4)29-12-14-31(34-30(29)13-15-33(37)36-34)38-21-23-10-8-7-9-11-23/h7-17,22,28,32,35H,5-6,18-21H2,1-4H3,(H,36,37)/t32-/m0/s1. The summed E-state index contributed by atoms with van der Waals surface area (Å²) in [5, 5.41) is 4.76. The third kappa shape index (κ3) is 6.26. The molecule has 1 aliphatic rings. The summed E-state index contributed by atoms with van der Waals surface area (Å²) in [5.41, 5.74) is 8.60. The third-order valence-electron chi connectivity index (χ3n) is 7.72. The quantitative estimate of drug-likeness (QED) is 0.237. The van der Waals surface area contributed by atoms with E-state index < -0.39 is 0 Å². The molecule has 0 unspecified atom stereocenters. The fourth-order valence-corrected chi connectivity index (χ4v) is 5.80. The number of hydrogen-bond donors (Lipinski definition) is 2. The second-order valence-corrected chi connectivity index (χ2v) is 10.8. The number of hydrogen-bond acceptors (Lipinski definition) is 4. The Morgan fingerprint density at radius 1 is 0.923 bits per heavy atom. The Kier molecular flexibility index (Phi) is 8.49. The molecule has 1 aromatic heterocycles. The zero-order chi connectivity index (χ0) is 27.4. The van der Waals surface area contributed by atoms with Crippen LogP contribution in [0, 0.1) is 0 Å². The van der Waals surface area contributed by atoms with Gasteiger partial charge in [0.25, 0.3) is 0 Å². The van der Waals surface area contributed by atoms with E-state index in [9.17, 15) is 4.79 Å². The van der Waals surface area contributed by atoms with E-state index in [2.05, 4.69) is 56.2 Å². The fraction of sp³-hybridized carbons (Fsp3) is 0.382. The molecule has 0 amide bonds. The fourth-order valence-electron chi connectivity index (χ4n) is 5.80. The first-order valence-electron chi connectivity index (χ1n) is 14.3. The van der Waals surface area contributed by atoms with Gasteiger partial charge in [0.05, 0.1) is 17.7 Å². The monoisotopic (exact) mass is 524 g/mol. The molecule has 0 saturated heterocycles. The van der Waals surface area contributed by atoms with Crippen LogP contribution in [0.25, 0.3) is 10.9 Å². The van der Waals surface area contributed by atoms with Crippen LogP contribution in [0.3, 0.4) is 0 Å². The Balaban J connectivity index is 1.37. The number of pyridine rings is 1. The number of H-pyrrole nitrogens is 1. The Morgan fingerprint density at radius 2 is 1.62 bits per heavy atom. The average Bonchev–Trinajstić information content (AvgIpc) is 3.35. The summed E-state index contributed by atoms with van der Waals surface area (Å²) < 4.78 is 12.6. The molecule has 5 rings (SSSR count). The van der Waals surface area contributed by atoms with Crippen LogP contribution in [-0.4, -0.2) is 23.7 Å². The van der Waals surface area contributed by atoms with Gasteiger partial charge < -0.3 is 19.8 Å². The van der Waals surface area contributed by atoms with Crippen molar-refractivity contribution >= 4 is 10.9 Å². The highest BCUT2D eigenvalue weighted by atomic mass is 16.5. The number of benzene rings is 3. The predicted molar refractivity (Wildman–Crippen MR) is 159 cm³/mol. The van der Waals surface area contributed by atoms with Gasteiger partial charge in [-0.3, -0.25) is 4.79 Å². The van der Waals surface area contributed by atoms with E-state index in [1.165, 1.54) is 22.3 Å². The normalized spacial score (nSPS) is 14.2. The Hall–Kier alpha value is -3.41. The SMILES string of the molecule is CCc1cc2c(cc1CC)CC(NC[C@H](OC(C)C)c1ccc(OCc3ccccc3)c3[nH]c(=O)ccc13)C2. The number of aromatic amines is 1. The maximum absolute atomic E-state index is 12.3. The predicted octanol–water partition coefficient (Wildman–Crippen LogP) is 6.46. The van der Waals surface area contributed by atoms with Crippen LogP contribution < -0.4 is 15.6 Å². The van der Waals surface area contributed by atoms with E-state index in [1.54, 1.807) is 6.07 Å². The van der Waals surface area contributed by atoms with Crippen molar-refractivity contribution in [2.24, 2.45) is 0 Å². The minimum Gasteiger partial charge on any atom is -0.487 e. The van der Waals surface area contributed by atoms with Gasteiger partial charge in [0.15, 0.2) is 0 Å². The molecule has 0 radical (unpaired) electrons. The summed E-state index contributed by atoms with van der Waals surface area (Å²) >= 11 is 0. The molecule has 0 fully saturated rings. The van der Waals surface area contributed by atoms with Gasteiger partial charge >= 0.3 is 0 Å². The summed E-state index contributed by atoms with van der Waals surface area (Å²) in [5.74, 6) is 0.663. The molecule has 0 saturated carbocycles. The minimum atomic E-state index is -0.164. The van der Waals surface area contributed by atoms with E-state index in [0.29, 0.717) is 30.5 Å². The minimum absolute atomic E-state index is 0.0589. The van der Waals surface area contributed by atoms with Crippen molar-refractivity contribution in [2.75, 3.05) is 6.54 Å². The van der Waals surface area contributed by atoms with Crippen LogP contribution in [0.4, 0.5) is 0 Å². The first kappa shape index (κ1) is 27.2. The van der Waals surface area contributed by atoms with Gasteiger partial charge in [-0.2, -0.15) is 0 Å². The summed E-state index contributed by atoms with van der Waals surface area (Å²) in [6.45, 7) is 9.75. The molecule has 1 atom stereocenters. The van der Waals surface area contributed by atoms with E-state index >= 15 is 0 Å². The summed E-state index contributed by atoms with van der Waals surface area (Å²) in [6.07, 6.45) is 4.14. The van der Waals surface area contributed by atoms with Crippen molar-refractivity contribution in [1.29, 1.82) is 0 Å². The summed E-state index contributed by atoms with van der Waals surface area (Å²) in [6, 6.07) is 22.8. The molecule has 39 heavy (non-hydrogen) atoms. The van der Waals surface area contributed by atoms with Gasteiger partial charge in [0.2, 0.25) is 5.56 Å². The van der Waals surface area contributed by atoms with Gasteiger partial charge in [0, 0.05) is 24.0 Å². The average molecular weight is 525 g/mol. The highest BCUT2D eigenvalue weighted by molar-refractivity contribution is 5.87. The second kappa shape index (κ2) is 12.2. The van der Waals surface area contributed by atoms with Crippen molar-refractivity contribution in [3.63, 3.8) is 0 Å². The molecule has 1 aliphatic carbocycles. The Bertz CT molecular complexity index is 1440. The van der Waals surface area contributed by atoms with E-state index in [4.69, 9.17) is 9.47 Å². The molecule has 0 bridgehead atoms. The number of ether oxygens (including phenoxy) is 2. The molecule has 5 nitrogen and oxygen atoms in total. The molecule has 5 heteroatoms. The number of aryl methyl sites for hydroxylation is 2. The van der Waals surface area contributed by atoms with Crippen molar-refractivity contribution in [1.82, 2.24) is 10.3 Å². The van der Waals surface area contributed by atoms with Gasteiger partial charge in [0.1, 0.15) is 12.4 Å². The Morgan fingerprint density at radius 3 is 2.26 bits per heavy atom. The van der Waals surface area contributed by atoms with Crippen LogP contribution in [0.5, 0.6) is 5.75 Å². The zero-order valence-corrected chi connectivity index (χ0v) is 23.6. The highest BCUT2D eigenvalue weighted by Crippen LogP contribution is 2.33. The lowest BCUT2D eigenvalue weighted by Gasteiger charge is -2.25. The first-order valence-corrected chi connectivity index (χ1v) is 14.3.